The predicted molar refractivity (Wildman–Crippen MR) is 108 cm³/mol. The number of nitrogens with one attached hydrogen (secondary N) is 3. The van der Waals surface area contributed by atoms with Gasteiger partial charge in [0.15, 0.2) is 5.96 Å². The van der Waals surface area contributed by atoms with E-state index in [9.17, 15) is 4.79 Å². The molecule has 2 unspecified atom stereocenters. The summed E-state index contributed by atoms with van der Waals surface area (Å²) in [6.07, 6.45) is 6.38. The van der Waals surface area contributed by atoms with Gasteiger partial charge >= 0.3 is 0 Å². The van der Waals surface area contributed by atoms with Crippen molar-refractivity contribution in [2.75, 3.05) is 20.1 Å². The van der Waals surface area contributed by atoms with Crippen LogP contribution in [0.4, 0.5) is 0 Å². The molecule has 3 N–H and O–H groups in total. The maximum Gasteiger partial charge on any atom is 0.225 e. The van der Waals surface area contributed by atoms with Gasteiger partial charge in [0, 0.05) is 31.6 Å². The molecule has 6 heteroatoms. The fourth-order valence-electron chi connectivity index (χ4n) is 2.80. The predicted octanol–water partition coefficient (Wildman–Crippen LogP) is 2.90. The van der Waals surface area contributed by atoms with Crippen molar-refractivity contribution in [3.8, 4) is 0 Å². The molecule has 1 amide bonds. The fraction of sp³-hybridized carbons (Fsp3) is 0.882. The lowest BCUT2D eigenvalue weighted by Gasteiger charge is -2.30. The molecule has 23 heavy (non-hydrogen) atoms. The Hall–Kier alpha value is -0.530. The molecule has 0 saturated heterocycles. The van der Waals surface area contributed by atoms with Crippen LogP contribution in [0.25, 0.3) is 0 Å². The average Bonchev–Trinajstić information content (AvgIpc) is 2.49. The van der Waals surface area contributed by atoms with Crippen molar-refractivity contribution in [1.29, 1.82) is 0 Å². The summed E-state index contributed by atoms with van der Waals surface area (Å²) >= 11 is 0. The second-order valence-corrected chi connectivity index (χ2v) is 7.29. The van der Waals surface area contributed by atoms with Gasteiger partial charge in [0.25, 0.3) is 0 Å². The Balaban J connectivity index is 0.00000484. The van der Waals surface area contributed by atoms with Crippen LogP contribution in [-0.4, -0.2) is 38.0 Å². The fourth-order valence-corrected chi connectivity index (χ4v) is 2.80. The second kappa shape index (κ2) is 11.1. The van der Waals surface area contributed by atoms with E-state index in [1.54, 1.807) is 7.05 Å². The molecule has 5 nitrogen and oxygen atoms in total. The van der Waals surface area contributed by atoms with Gasteiger partial charge in [0.2, 0.25) is 5.91 Å². The molecule has 1 fully saturated rings. The zero-order valence-corrected chi connectivity index (χ0v) is 17.7. The van der Waals surface area contributed by atoms with Crippen molar-refractivity contribution in [2.24, 2.45) is 16.3 Å². The summed E-state index contributed by atoms with van der Waals surface area (Å²) in [6.45, 7) is 9.33. The van der Waals surface area contributed by atoms with Gasteiger partial charge in [-0.05, 0) is 18.8 Å². The molecule has 0 radical (unpaired) electrons. The highest BCUT2D eigenvalue weighted by molar-refractivity contribution is 14.0. The van der Waals surface area contributed by atoms with Gasteiger partial charge < -0.3 is 16.0 Å². The topological polar surface area (TPSA) is 65.5 Å². The molecule has 1 rings (SSSR count). The van der Waals surface area contributed by atoms with Crippen molar-refractivity contribution in [1.82, 2.24) is 16.0 Å². The molecule has 0 aromatic heterocycles. The Kier molecular flexibility index (Phi) is 10.8. The molecule has 1 aliphatic carbocycles. The summed E-state index contributed by atoms with van der Waals surface area (Å²) in [6, 6.07) is 0.522. The highest BCUT2D eigenvalue weighted by Gasteiger charge is 2.22. The van der Waals surface area contributed by atoms with Crippen molar-refractivity contribution in [3.63, 3.8) is 0 Å². The zero-order chi connectivity index (χ0) is 16.6. The molecule has 0 aromatic carbocycles. The van der Waals surface area contributed by atoms with Gasteiger partial charge in [0.05, 0.1) is 0 Å². The van der Waals surface area contributed by atoms with Crippen LogP contribution in [-0.2, 0) is 4.79 Å². The number of nitrogens with zero attached hydrogens (tertiary/aromatic N) is 1. The third-order valence-corrected chi connectivity index (χ3v) is 4.31. The standard InChI is InChI=1S/C17H34N4O.HI/c1-6-13-8-7-9-14(12-13)21-16(18-5)20-11-10-19-15(22)17(2,3)4;/h13-14H,6-12H2,1-5H3,(H,19,22)(H2,18,20,21);1H. The SMILES string of the molecule is CCC1CCCC(NC(=NC)NCCNC(=O)C(C)(C)C)C1.I. The summed E-state index contributed by atoms with van der Waals surface area (Å²) < 4.78 is 0. The van der Waals surface area contributed by atoms with E-state index in [1.165, 1.54) is 32.1 Å². The molecule has 0 heterocycles. The maximum absolute atomic E-state index is 11.8. The molecule has 1 saturated carbocycles. The lowest BCUT2D eigenvalue weighted by Crippen LogP contribution is -2.47. The number of carbonyl (C=O) groups excluding carboxylic acids is 1. The number of aliphatic imine (C=N–C) groups is 1. The zero-order valence-electron chi connectivity index (χ0n) is 15.4. The molecular formula is C17H35IN4O. The summed E-state index contributed by atoms with van der Waals surface area (Å²) in [5.41, 5.74) is -0.336. The van der Waals surface area contributed by atoms with Crippen molar-refractivity contribution >= 4 is 35.8 Å². The van der Waals surface area contributed by atoms with Gasteiger partial charge in [0.1, 0.15) is 0 Å². The summed E-state index contributed by atoms with van der Waals surface area (Å²) in [5, 5.41) is 9.73. The first-order valence-corrected chi connectivity index (χ1v) is 8.62. The molecule has 2 atom stereocenters. The first-order valence-electron chi connectivity index (χ1n) is 8.62. The highest BCUT2D eigenvalue weighted by Crippen LogP contribution is 2.26. The van der Waals surface area contributed by atoms with E-state index in [1.807, 2.05) is 20.8 Å². The number of guanidine groups is 1. The third-order valence-electron chi connectivity index (χ3n) is 4.31. The van der Waals surface area contributed by atoms with Gasteiger partial charge in [-0.25, -0.2) is 0 Å². The number of amides is 1. The van der Waals surface area contributed by atoms with Crippen LogP contribution in [0.5, 0.6) is 0 Å². The first-order chi connectivity index (χ1) is 10.4. The summed E-state index contributed by atoms with van der Waals surface area (Å²) in [7, 11) is 1.79. The highest BCUT2D eigenvalue weighted by atomic mass is 127. The van der Waals surface area contributed by atoms with Crippen LogP contribution in [0.1, 0.15) is 59.8 Å². The quantitative estimate of drug-likeness (QED) is 0.268. The minimum Gasteiger partial charge on any atom is -0.355 e. The monoisotopic (exact) mass is 438 g/mol. The van der Waals surface area contributed by atoms with E-state index in [4.69, 9.17) is 0 Å². The van der Waals surface area contributed by atoms with Crippen LogP contribution in [0.3, 0.4) is 0 Å². The number of halogens is 1. The number of hydrogen-bond donors (Lipinski definition) is 3. The Morgan fingerprint density at radius 1 is 1.17 bits per heavy atom. The average molecular weight is 438 g/mol. The van der Waals surface area contributed by atoms with E-state index in [0.29, 0.717) is 19.1 Å². The van der Waals surface area contributed by atoms with Crippen molar-refractivity contribution in [3.05, 3.63) is 0 Å². The Morgan fingerprint density at radius 3 is 2.39 bits per heavy atom. The summed E-state index contributed by atoms with van der Waals surface area (Å²) in [4.78, 5) is 16.1. The minimum atomic E-state index is -0.336. The molecule has 1 aliphatic rings. The third kappa shape index (κ3) is 8.77. The molecule has 136 valence electrons. The second-order valence-electron chi connectivity index (χ2n) is 7.29. The minimum absolute atomic E-state index is 0. The van der Waals surface area contributed by atoms with Gasteiger partial charge in [-0.2, -0.15) is 0 Å². The van der Waals surface area contributed by atoms with Crippen LogP contribution in [0, 0.1) is 11.3 Å². The van der Waals surface area contributed by atoms with E-state index in [2.05, 4.69) is 27.9 Å². The molecule has 0 bridgehead atoms. The van der Waals surface area contributed by atoms with Gasteiger partial charge in [-0.3, -0.25) is 9.79 Å². The van der Waals surface area contributed by atoms with E-state index in [-0.39, 0.29) is 35.3 Å². The summed E-state index contributed by atoms with van der Waals surface area (Å²) in [5.74, 6) is 1.76. The Bertz CT molecular complexity index is 379. The molecule has 0 aliphatic heterocycles. The van der Waals surface area contributed by atoms with Crippen molar-refractivity contribution < 1.29 is 4.79 Å². The number of rotatable bonds is 5. The lowest BCUT2D eigenvalue weighted by molar-refractivity contribution is -0.128. The van der Waals surface area contributed by atoms with Crippen LogP contribution < -0.4 is 16.0 Å². The lowest BCUT2D eigenvalue weighted by atomic mass is 9.84. The van der Waals surface area contributed by atoms with E-state index >= 15 is 0 Å². The van der Waals surface area contributed by atoms with Crippen LogP contribution in [0.2, 0.25) is 0 Å². The van der Waals surface area contributed by atoms with Crippen LogP contribution >= 0.6 is 24.0 Å². The molecule has 0 spiro atoms. The van der Waals surface area contributed by atoms with Crippen LogP contribution in [0.15, 0.2) is 4.99 Å². The van der Waals surface area contributed by atoms with Gasteiger partial charge in [-0.15, -0.1) is 24.0 Å². The normalized spacial score (nSPS) is 22.0. The molecule has 0 aromatic rings. The Labute approximate surface area is 158 Å². The number of carbonyl (C=O) groups is 1. The van der Waals surface area contributed by atoms with Gasteiger partial charge in [-0.1, -0.05) is 47.0 Å². The first kappa shape index (κ1) is 22.5. The van der Waals surface area contributed by atoms with E-state index in [0.717, 1.165) is 11.9 Å². The number of hydrogen-bond acceptors (Lipinski definition) is 2. The smallest absolute Gasteiger partial charge is 0.225 e. The van der Waals surface area contributed by atoms with E-state index < -0.39 is 0 Å². The van der Waals surface area contributed by atoms with Crippen molar-refractivity contribution in [2.45, 2.75) is 65.8 Å². The maximum atomic E-state index is 11.8. The Morgan fingerprint density at radius 2 is 1.83 bits per heavy atom. The molecular weight excluding hydrogens is 403 g/mol. The largest absolute Gasteiger partial charge is 0.355 e.